The van der Waals surface area contributed by atoms with Crippen LogP contribution in [0.15, 0.2) is 34.9 Å². The monoisotopic (exact) mass is 475 g/mol. The van der Waals surface area contributed by atoms with Crippen LogP contribution in [0, 0.1) is 11.3 Å². The number of hydrogen-bond donors (Lipinski definition) is 2. The summed E-state index contributed by atoms with van der Waals surface area (Å²) in [5.41, 5.74) is 2.42. The SMILES string of the molecule is C/C=c1/ccc2c(=O)n(C3CCCCC3)cnc2/c1=C/C.CC.CC(C=N)C/C=C/Cl.CO. The molecule has 1 saturated carbocycles. The smallest absolute Gasteiger partial charge is 0.261 e. The van der Waals surface area contributed by atoms with Crippen molar-refractivity contribution < 1.29 is 5.11 Å². The van der Waals surface area contributed by atoms with E-state index in [0.29, 0.717) is 12.0 Å². The van der Waals surface area contributed by atoms with Gasteiger partial charge in [0.15, 0.2) is 0 Å². The number of fused-ring (bicyclic) bond motifs is 1. The van der Waals surface area contributed by atoms with Gasteiger partial charge < -0.3 is 10.5 Å². The summed E-state index contributed by atoms with van der Waals surface area (Å²) in [7, 11) is 1.00. The molecule has 1 heterocycles. The summed E-state index contributed by atoms with van der Waals surface area (Å²) >= 11 is 5.25. The summed E-state index contributed by atoms with van der Waals surface area (Å²) < 4.78 is 1.86. The lowest BCUT2D eigenvalue weighted by atomic mass is 9.95. The van der Waals surface area contributed by atoms with Crippen LogP contribution in [0.3, 0.4) is 0 Å². The van der Waals surface area contributed by atoms with Gasteiger partial charge in [-0.1, -0.05) is 75.9 Å². The molecular weight excluding hydrogens is 434 g/mol. The highest BCUT2D eigenvalue weighted by atomic mass is 35.5. The summed E-state index contributed by atoms with van der Waals surface area (Å²) in [6.45, 7) is 9.98. The second-order valence-electron chi connectivity index (χ2n) is 7.53. The van der Waals surface area contributed by atoms with Gasteiger partial charge in [-0.3, -0.25) is 9.36 Å². The highest BCUT2D eigenvalue weighted by Crippen LogP contribution is 2.26. The van der Waals surface area contributed by atoms with E-state index < -0.39 is 0 Å². The molecular formula is C27H42ClN3O2. The van der Waals surface area contributed by atoms with Crippen LogP contribution in [0.25, 0.3) is 23.1 Å². The molecule has 1 aromatic heterocycles. The maximum absolute atomic E-state index is 12.8. The fraction of sp³-hybridized carbons (Fsp3) is 0.519. The molecule has 1 aromatic carbocycles. The van der Waals surface area contributed by atoms with Crippen LogP contribution in [-0.2, 0) is 0 Å². The average molecular weight is 476 g/mol. The van der Waals surface area contributed by atoms with Gasteiger partial charge in [0.05, 0.1) is 17.2 Å². The van der Waals surface area contributed by atoms with Crippen molar-refractivity contribution in [1.29, 1.82) is 5.41 Å². The van der Waals surface area contributed by atoms with Crippen molar-refractivity contribution in [2.24, 2.45) is 5.92 Å². The second kappa shape index (κ2) is 18.2. The minimum absolute atomic E-state index is 0.109. The highest BCUT2D eigenvalue weighted by molar-refractivity contribution is 6.25. The molecule has 2 N–H and O–H groups in total. The van der Waals surface area contributed by atoms with E-state index in [2.05, 4.69) is 11.1 Å². The molecule has 0 spiro atoms. The van der Waals surface area contributed by atoms with Crippen LogP contribution in [0.2, 0.25) is 0 Å². The third-order valence-electron chi connectivity index (χ3n) is 5.48. The van der Waals surface area contributed by atoms with Crippen molar-refractivity contribution in [3.05, 3.63) is 50.9 Å². The lowest BCUT2D eigenvalue weighted by Crippen LogP contribution is -2.31. The molecule has 0 radical (unpaired) electrons. The van der Waals surface area contributed by atoms with Gasteiger partial charge in [0.25, 0.3) is 5.56 Å². The molecule has 1 fully saturated rings. The number of hydrogen-bond acceptors (Lipinski definition) is 4. The zero-order valence-corrected chi connectivity index (χ0v) is 21.9. The minimum atomic E-state index is 0.109. The number of allylic oxidation sites excluding steroid dienone is 1. The Morgan fingerprint density at radius 2 is 1.82 bits per heavy atom. The Labute approximate surface area is 204 Å². The van der Waals surface area contributed by atoms with Gasteiger partial charge >= 0.3 is 0 Å². The number of rotatable bonds is 4. The molecule has 1 atom stereocenters. The standard InChI is InChI=1S/C18H22N2O.C6H10ClN.C2H6.CH4O/c1-3-13-10-11-16-17(15(13)4-2)19-12-20(18(16)21)14-8-6-5-7-9-14;1-6(5-8)3-2-4-7;2*1-2/h3-4,10-12,14H,5-9H2,1-2H3;2,4-6,8H,3H2,1H3;1-2H3;2H,1H3/b13-3-,15-4+;4-2+,8-5?;;. The Morgan fingerprint density at radius 1 is 1.18 bits per heavy atom. The van der Waals surface area contributed by atoms with Gasteiger partial charge in [0, 0.05) is 23.9 Å². The predicted octanol–water partition coefficient (Wildman–Crippen LogP) is 5.55. The number of aromatic nitrogens is 2. The zero-order chi connectivity index (χ0) is 25.2. The van der Waals surface area contributed by atoms with Crippen LogP contribution >= 0.6 is 11.6 Å². The molecule has 2 aromatic rings. The third-order valence-corrected chi connectivity index (χ3v) is 5.65. The lowest BCUT2D eigenvalue weighted by molar-refractivity contribution is 0.345. The van der Waals surface area contributed by atoms with Gasteiger partial charge in [0.2, 0.25) is 0 Å². The minimum Gasteiger partial charge on any atom is -0.400 e. The second-order valence-corrected chi connectivity index (χ2v) is 7.78. The van der Waals surface area contributed by atoms with Crippen LogP contribution in [0.5, 0.6) is 0 Å². The third kappa shape index (κ3) is 9.26. The number of benzene rings is 1. The first kappa shape index (κ1) is 30.8. The predicted molar refractivity (Wildman–Crippen MR) is 145 cm³/mol. The molecule has 1 aliphatic carbocycles. The summed E-state index contributed by atoms with van der Waals surface area (Å²) in [5.74, 6) is 0.324. The molecule has 1 aliphatic rings. The van der Waals surface area contributed by atoms with Crippen molar-refractivity contribution in [2.75, 3.05) is 7.11 Å². The molecule has 3 rings (SSSR count). The molecule has 0 amide bonds. The van der Waals surface area contributed by atoms with Gasteiger partial charge in [-0.05, 0) is 56.5 Å². The van der Waals surface area contributed by atoms with E-state index in [1.54, 1.807) is 6.33 Å². The molecule has 1 unspecified atom stereocenters. The van der Waals surface area contributed by atoms with E-state index in [1.807, 2.05) is 63.5 Å². The number of aliphatic hydroxyl groups is 1. The van der Waals surface area contributed by atoms with Crippen molar-refractivity contribution in [3.8, 4) is 0 Å². The Hall–Kier alpha value is -2.24. The number of nitrogens with one attached hydrogen (secondary N) is 1. The van der Waals surface area contributed by atoms with E-state index in [0.717, 1.165) is 47.7 Å². The average Bonchev–Trinajstić information content (AvgIpc) is 2.90. The first-order valence-electron chi connectivity index (χ1n) is 11.9. The Bertz CT molecular complexity index is 1020. The molecule has 184 valence electrons. The Morgan fingerprint density at radius 3 is 2.33 bits per heavy atom. The van der Waals surface area contributed by atoms with Crippen molar-refractivity contribution in [3.63, 3.8) is 0 Å². The zero-order valence-electron chi connectivity index (χ0n) is 21.1. The lowest BCUT2D eigenvalue weighted by Gasteiger charge is -2.23. The van der Waals surface area contributed by atoms with Crippen LogP contribution in [-0.4, -0.2) is 28.0 Å². The van der Waals surface area contributed by atoms with Crippen molar-refractivity contribution in [2.45, 2.75) is 79.2 Å². The topological polar surface area (TPSA) is 79.0 Å². The molecule has 0 bridgehead atoms. The molecule has 5 nitrogen and oxygen atoms in total. The van der Waals surface area contributed by atoms with E-state index >= 15 is 0 Å². The molecule has 0 aliphatic heterocycles. The number of nitrogens with zero attached hydrogens (tertiary/aromatic N) is 2. The number of aliphatic hydroxyl groups excluding tert-OH is 1. The highest BCUT2D eigenvalue weighted by Gasteiger charge is 2.17. The van der Waals surface area contributed by atoms with Gasteiger partial charge in [-0.2, -0.15) is 0 Å². The molecule has 6 heteroatoms. The maximum atomic E-state index is 12.8. The van der Waals surface area contributed by atoms with Gasteiger partial charge in [-0.15, -0.1) is 0 Å². The molecule has 33 heavy (non-hydrogen) atoms. The summed E-state index contributed by atoms with van der Waals surface area (Å²) in [6, 6.07) is 4.27. The molecule has 0 saturated heterocycles. The van der Waals surface area contributed by atoms with Gasteiger partial charge in [0.1, 0.15) is 0 Å². The van der Waals surface area contributed by atoms with E-state index in [9.17, 15) is 4.79 Å². The van der Waals surface area contributed by atoms with Crippen LogP contribution < -0.4 is 16.0 Å². The Balaban J connectivity index is 0.000000724. The maximum Gasteiger partial charge on any atom is 0.261 e. The summed E-state index contributed by atoms with van der Waals surface area (Å²) in [6.07, 6.45) is 15.9. The van der Waals surface area contributed by atoms with Crippen molar-refractivity contribution in [1.82, 2.24) is 9.55 Å². The van der Waals surface area contributed by atoms with Gasteiger partial charge in [-0.25, -0.2) is 4.98 Å². The fourth-order valence-corrected chi connectivity index (χ4v) is 3.86. The Kier molecular flexibility index (Phi) is 17.0. The van der Waals surface area contributed by atoms with Crippen LogP contribution in [0.1, 0.15) is 79.2 Å². The van der Waals surface area contributed by atoms with Crippen LogP contribution in [0.4, 0.5) is 0 Å². The number of halogens is 1. The summed E-state index contributed by atoms with van der Waals surface area (Å²) in [4.78, 5) is 17.4. The summed E-state index contributed by atoms with van der Waals surface area (Å²) in [5, 5.41) is 16.7. The largest absolute Gasteiger partial charge is 0.400 e. The normalized spacial score (nSPS) is 15.6. The van der Waals surface area contributed by atoms with E-state index in [1.165, 1.54) is 31.0 Å². The quantitative estimate of drug-likeness (QED) is 0.568. The fourth-order valence-electron chi connectivity index (χ4n) is 3.76. The van der Waals surface area contributed by atoms with E-state index in [-0.39, 0.29) is 5.56 Å². The van der Waals surface area contributed by atoms with Crippen molar-refractivity contribution >= 4 is 40.9 Å². The first-order chi connectivity index (χ1) is 16.1. The van der Waals surface area contributed by atoms with E-state index in [4.69, 9.17) is 22.1 Å². The first-order valence-corrected chi connectivity index (χ1v) is 12.3.